The highest BCUT2D eigenvalue weighted by molar-refractivity contribution is 5.86. The molecule has 2 aromatic carbocycles. The van der Waals surface area contributed by atoms with Gasteiger partial charge in [0.15, 0.2) is 0 Å². The fourth-order valence-electron chi connectivity index (χ4n) is 3.29. The number of benzene rings is 2. The Morgan fingerprint density at radius 3 is 2.50 bits per heavy atom. The quantitative estimate of drug-likeness (QED) is 0.891. The van der Waals surface area contributed by atoms with Gasteiger partial charge in [-0.1, -0.05) is 24.3 Å². The number of carbonyl (C=O) groups is 2. The van der Waals surface area contributed by atoms with E-state index in [4.69, 9.17) is 9.47 Å². The number of carboxylic acids is 1. The number of carbonyl (C=O) groups excluding carboxylic acids is 1. The van der Waals surface area contributed by atoms with Gasteiger partial charge >= 0.3 is 5.97 Å². The van der Waals surface area contributed by atoms with E-state index in [0.29, 0.717) is 23.5 Å². The number of nitrogens with zero attached hydrogens (tertiary/aromatic N) is 1. The van der Waals surface area contributed by atoms with Crippen LogP contribution in [0.15, 0.2) is 42.5 Å². The molecule has 136 valence electrons. The zero-order valence-electron chi connectivity index (χ0n) is 14.8. The molecule has 1 amide bonds. The summed E-state index contributed by atoms with van der Waals surface area (Å²) in [6.45, 7) is 0.290. The standard InChI is InChI=1S/C20H21NO5/c1-25-16-7-8-18(26-2)15(9-16)11-19(22)21-12-14-6-4-3-5-13(14)10-17(21)20(23)24/h3-9,17H,10-12H2,1-2H3,(H,23,24). The Morgan fingerprint density at radius 2 is 1.85 bits per heavy atom. The van der Waals surface area contributed by atoms with Crippen LogP contribution in [0.4, 0.5) is 0 Å². The van der Waals surface area contributed by atoms with Crippen LogP contribution in [0.1, 0.15) is 16.7 Å². The summed E-state index contributed by atoms with van der Waals surface area (Å²) in [6, 6.07) is 12.0. The summed E-state index contributed by atoms with van der Waals surface area (Å²) in [6.07, 6.45) is 0.360. The molecule has 0 saturated carbocycles. The van der Waals surface area contributed by atoms with Crippen LogP contribution in [0.2, 0.25) is 0 Å². The molecule has 1 unspecified atom stereocenters. The van der Waals surface area contributed by atoms with E-state index in [-0.39, 0.29) is 18.9 Å². The van der Waals surface area contributed by atoms with Gasteiger partial charge in [0.25, 0.3) is 0 Å². The topological polar surface area (TPSA) is 76.1 Å². The Balaban J connectivity index is 1.88. The summed E-state index contributed by atoms with van der Waals surface area (Å²) in [5.74, 6) is -0.0558. The van der Waals surface area contributed by atoms with E-state index in [1.54, 1.807) is 25.3 Å². The van der Waals surface area contributed by atoms with Gasteiger partial charge in [-0.2, -0.15) is 0 Å². The maximum Gasteiger partial charge on any atom is 0.326 e. The molecule has 6 nitrogen and oxygen atoms in total. The van der Waals surface area contributed by atoms with Crippen LogP contribution < -0.4 is 9.47 Å². The average Bonchev–Trinajstić information content (AvgIpc) is 2.66. The number of hydrogen-bond donors (Lipinski definition) is 1. The fourth-order valence-corrected chi connectivity index (χ4v) is 3.29. The monoisotopic (exact) mass is 355 g/mol. The van der Waals surface area contributed by atoms with Gasteiger partial charge in [-0.15, -0.1) is 0 Å². The highest BCUT2D eigenvalue weighted by Gasteiger charge is 2.34. The van der Waals surface area contributed by atoms with E-state index in [1.807, 2.05) is 24.3 Å². The highest BCUT2D eigenvalue weighted by atomic mass is 16.5. The van der Waals surface area contributed by atoms with Gasteiger partial charge in [0.1, 0.15) is 17.5 Å². The van der Waals surface area contributed by atoms with Crippen molar-refractivity contribution < 1.29 is 24.2 Å². The lowest BCUT2D eigenvalue weighted by Crippen LogP contribution is -2.49. The number of hydrogen-bond acceptors (Lipinski definition) is 4. The summed E-state index contributed by atoms with van der Waals surface area (Å²) in [7, 11) is 3.09. The zero-order chi connectivity index (χ0) is 18.7. The Hall–Kier alpha value is -3.02. The largest absolute Gasteiger partial charge is 0.497 e. The molecule has 1 aliphatic rings. The van der Waals surface area contributed by atoms with E-state index >= 15 is 0 Å². The predicted molar refractivity (Wildman–Crippen MR) is 95.4 cm³/mol. The highest BCUT2D eigenvalue weighted by Crippen LogP contribution is 2.28. The van der Waals surface area contributed by atoms with Gasteiger partial charge in [0.2, 0.25) is 5.91 Å². The van der Waals surface area contributed by atoms with Crippen LogP contribution in [-0.4, -0.2) is 42.1 Å². The number of carboxylic acid groups (broad SMARTS) is 1. The van der Waals surface area contributed by atoms with Crippen LogP contribution in [0.3, 0.4) is 0 Å². The number of amides is 1. The lowest BCUT2D eigenvalue weighted by atomic mass is 9.93. The molecule has 1 aliphatic heterocycles. The lowest BCUT2D eigenvalue weighted by molar-refractivity contribution is -0.151. The van der Waals surface area contributed by atoms with Crippen LogP contribution in [0.5, 0.6) is 11.5 Å². The van der Waals surface area contributed by atoms with E-state index in [9.17, 15) is 14.7 Å². The molecule has 1 N–H and O–H groups in total. The molecule has 0 aliphatic carbocycles. The summed E-state index contributed by atoms with van der Waals surface area (Å²) < 4.78 is 10.5. The Morgan fingerprint density at radius 1 is 1.12 bits per heavy atom. The molecular weight excluding hydrogens is 334 g/mol. The molecule has 0 bridgehead atoms. The first-order valence-corrected chi connectivity index (χ1v) is 8.33. The number of aliphatic carboxylic acids is 1. The molecule has 1 heterocycles. The van der Waals surface area contributed by atoms with Crippen molar-refractivity contribution in [3.63, 3.8) is 0 Å². The first-order chi connectivity index (χ1) is 12.5. The summed E-state index contributed by atoms with van der Waals surface area (Å²) >= 11 is 0. The number of rotatable bonds is 5. The number of fused-ring (bicyclic) bond motifs is 1. The van der Waals surface area contributed by atoms with Crippen LogP contribution >= 0.6 is 0 Å². The summed E-state index contributed by atoms with van der Waals surface area (Å²) in [4.78, 5) is 26.1. The third-order valence-corrected chi connectivity index (χ3v) is 4.68. The minimum absolute atomic E-state index is 0.0479. The molecule has 3 rings (SSSR count). The van der Waals surface area contributed by atoms with Gasteiger partial charge in [-0.05, 0) is 29.3 Å². The van der Waals surface area contributed by atoms with Gasteiger partial charge in [-0.25, -0.2) is 4.79 Å². The molecule has 2 aromatic rings. The van der Waals surface area contributed by atoms with Crippen molar-refractivity contribution in [1.29, 1.82) is 0 Å². The second-order valence-electron chi connectivity index (χ2n) is 6.20. The van der Waals surface area contributed by atoms with Crippen molar-refractivity contribution in [2.75, 3.05) is 14.2 Å². The second-order valence-corrected chi connectivity index (χ2v) is 6.20. The van der Waals surface area contributed by atoms with Crippen molar-refractivity contribution in [3.8, 4) is 11.5 Å². The van der Waals surface area contributed by atoms with Gasteiger partial charge in [-0.3, -0.25) is 4.79 Å². The van der Waals surface area contributed by atoms with Crippen LogP contribution in [0, 0.1) is 0 Å². The molecule has 0 spiro atoms. The van der Waals surface area contributed by atoms with Crippen molar-refractivity contribution >= 4 is 11.9 Å². The average molecular weight is 355 g/mol. The normalized spacial score (nSPS) is 15.9. The molecule has 0 radical (unpaired) electrons. The molecule has 0 fully saturated rings. The van der Waals surface area contributed by atoms with Crippen molar-refractivity contribution in [2.24, 2.45) is 0 Å². The maximum atomic E-state index is 12.9. The van der Waals surface area contributed by atoms with Crippen molar-refractivity contribution in [3.05, 3.63) is 59.2 Å². The van der Waals surface area contributed by atoms with Crippen molar-refractivity contribution in [1.82, 2.24) is 4.90 Å². The number of methoxy groups -OCH3 is 2. The Bertz CT molecular complexity index is 833. The van der Waals surface area contributed by atoms with E-state index in [2.05, 4.69) is 0 Å². The minimum atomic E-state index is -0.995. The third-order valence-electron chi connectivity index (χ3n) is 4.68. The molecular formula is C20H21NO5. The molecule has 0 saturated heterocycles. The third kappa shape index (κ3) is 3.49. The minimum Gasteiger partial charge on any atom is -0.497 e. The summed E-state index contributed by atoms with van der Waals surface area (Å²) in [5.41, 5.74) is 2.62. The fraction of sp³-hybridized carbons (Fsp3) is 0.300. The smallest absolute Gasteiger partial charge is 0.326 e. The van der Waals surface area contributed by atoms with E-state index in [1.165, 1.54) is 12.0 Å². The van der Waals surface area contributed by atoms with Crippen LogP contribution in [0.25, 0.3) is 0 Å². The second kappa shape index (κ2) is 7.47. The first-order valence-electron chi connectivity index (χ1n) is 8.33. The lowest BCUT2D eigenvalue weighted by Gasteiger charge is -2.34. The molecule has 6 heteroatoms. The molecule has 0 aromatic heterocycles. The molecule has 26 heavy (non-hydrogen) atoms. The Labute approximate surface area is 152 Å². The maximum absolute atomic E-state index is 12.9. The van der Waals surface area contributed by atoms with Gasteiger partial charge in [0, 0.05) is 18.5 Å². The van der Waals surface area contributed by atoms with E-state index in [0.717, 1.165) is 11.1 Å². The SMILES string of the molecule is COc1ccc(OC)c(CC(=O)N2Cc3ccccc3CC2C(=O)O)c1. The summed E-state index contributed by atoms with van der Waals surface area (Å²) in [5, 5.41) is 9.59. The van der Waals surface area contributed by atoms with Crippen molar-refractivity contribution in [2.45, 2.75) is 25.4 Å². The molecule has 1 atom stereocenters. The zero-order valence-corrected chi connectivity index (χ0v) is 14.8. The Kier molecular flexibility index (Phi) is 5.11. The van der Waals surface area contributed by atoms with E-state index < -0.39 is 12.0 Å². The first kappa shape index (κ1) is 17.8. The van der Waals surface area contributed by atoms with Crippen LogP contribution in [-0.2, 0) is 29.0 Å². The van der Waals surface area contributed by atoms with Gasteiger partial charge < -0.3 is 19.5 Å². The number of ether oxygens (including phenoxy) is 2. The predicted octanol–water partition coefficient (Wildman–Crippen LogP) is 2.28. The van der Waals surface area contributed by atoms with Gasteiger partial charge in [0.05, 0.1) is 20.6 Å².